The second-order valence-electron chi connectivity index (χ2n) is 3.83. The van der Waals surface area contributed by atoms with E-state index in [0.717, 1.165) is 25.9 Å². The number of amides is 1. The van der Waals surface area contributed by atoms with E-state index >= 15 is 0 Å². The monoisotopic (exact) mass is 201 g/mol. The van der Waals surface area contributed by atoms with E-state index in [-0.39, 0.29) is 12.0 Å². The second-order valence-corrected chi connectivity index (χ2v) is 3.83. The van der Waals surface area contributed by atoms with Crippen LogP contribution in [0.5, 0.6) is 0 Å². The zero-order chi connectivity index (χ0) is 10.4. The summed E-state index contributed by atoms with van der Waals surface area (Å²) in [6.45, 7) is 2.82. The molecule has 0 aromatic heterocycles. The Bertz CT molecular complexity index is 176. The van der Waals surface area contributed by atoms with E-state index in [9.17, 15) is 4.79 Å². The van der Waals surface area contributed by atoms with E-state index in [1.54, 1.807) is 6.92 Å². The summed E-state index contributed by atoms with van der Waals surface area (Å²) in [5.74, 6) is 0.00130. The Morgan fingerprint density at radius 1 is 1.71 bits per heavy atom. The third kappa shape index (κ3) is 4.58. The summed E-state index contributed by atoms with van der Waals surface area (Å²) < 4.78 is 5.40. The van der Waals surface area contributed by atoms with Crippen LogP contribution in [-0.4, -0.2) is 36.4 Å². The van der Waals surface area contributed by atoms with Crippen LogP contribution in [0, 0.1) is 0 Å². The highest BCUT2D eigenvalue weighted by atomic mass is 16.5. The summed E-state index contributed by atoms with van der Waals surface area (Å²) >= 11 is 0. The molecular weight excluding hydrogens is 182 g/mol. The van der Waals surface area contributed by atoms with Gasteiger partial charge in [0, 0.05) is 19.6 Å². The van der Waals surface area contributed by atoms with Gasteiger partial charge in [0.05, 0.1) is 12.2 Å². The molecule has 1 aliphatic rings. The highest BCUT2D eigenvalue weighted by Gasteiger charge is 2.16. The van der Waals surface area contributed by atoms with Crippen molar-refractivity contribution in [1.82, 2.24) is 5.32 Å². The number of rotatable bonds is 5. The lowest BCUT2D eigenvalue weighted by Crippen LogP contribution is -2.30. The molecule has 0 aromatic rings. The molecule has 14 heavy (non-hydrogen) atoms. The first kappa shape index (κ1) is 11.5. The minimum Gasteiger partial charge on any atom is -0.392 e. The van der Waals surface area contributed by atoms with E-state index in [2.05, 4.69) is 5.32 Å². The molecule has 1 fully saturated rings. The fraction of sp³-hybridized carbons (Fsp3) is 0.900. The highest BCUT2D eigenvalue weighted by molar-refractivity contribution is 5.75. The summed E-state index contributed by atoms with van der Waals surface area (Å²) in [7, 11) is 0. The standard InChI is InChI=1S/C10H19NO3/c1-8(12)7-11-10(13)5-4-9-3-2-6-14-9/h8-9,12H,2-7H2,1H3,(H,11,13)/t8-,9?/m0/s1. The van der Waals surface area contributed by atoms with Gasteiger partial charge in [-0.3, -0.25) is 4.79 Å². The van der Waals surface area contributed by atoms with Gasteiger partial charge < -0.3 is 15.2 Å². The molecule has 0 radical (unpaired) electrons. The average molecular weight is 201 g/mol. The molecule has 0 aliphatic carbocycles. The summed E-state index contributed by atoms with van der Waals surface area (Å²) in [6, 6.07) is 0. The van der Waals surface area contributed by atoms with Gasteiger partial charge in [-0.2, -0.15) is 0 Å². The fourth-order valence-corrected chi connectivity index (χ4v) is 1.51. The summed E-state index contributed by atoms with van der Waals surface area (Å²) in [6.07, 6.45) is 3.28. The maximum Gasteiger partial charge on any atom is 0.220 e. The van der Waals surface area contributed by atoms with Crippen LogP contribution in [0.25, 0.3) is 0 Å². The zero-order valence-electron chi connectivity index (χ0n) is 8.66. The Labute approximate surface area is 84.6 Å². The number of ether oxygens (including phenoxy) is 1. The SMILES string of the molecule is C[C@H](O)CNC(=O)CCC1CCCO1. The molecular formula is C10H19NO3. The normalized spacial score (nSPS) is 23.4. The van der Waals surface area contributed by atoms with Crippen LogP contribution in [-0.2, 0) is 9.53 Å². The van der Waals surface area contributed by atoms with Crippen molar-refractivity contribution >= 4 is 5.91 Å². The largest absolute Gasteiger partial charge is 0.392 e. The van der Waals surface area contributed by atoms with Crippen LogP contribution in [0.2, 0.25) is 0 Å². The minimum atomic E-state index is -0.471. The lowest BCUT2D eigenvalue weighted by molar-refractivity contribution is -0.122. The van der Waals surface area contributed by atoms with Gasteiger partial charge in [0.1, 0.15) is 0 Å². The van der Waals surface area contributed by atoms with Crippen LogP contribution in [0.1, 0.15) is 32.6 Å². The average Bonchev–Trinajstić information content (AvgIpc) is 2.63. The van der Waals surface area contributed by atoms with E-state index in [4.69, 9.17) is 9.84 Å². The van der Waals surface area contributed by atoms with Crippen LogP contribution >= 0.6 is 0 Å². The first-order chi connectivity index (χ1) is 6.68. The summed E-state index contributed by atoms with van der Waals surface area (Å²) in [5, 5.41) is 11.6. The van der Waals surface area contributed by atoms with Crippen LogP contribution in [0.4, 0.5) is 0 Å². The lowest BCUT2D eigenvalue weighted by atomic mass is 10.1. The molecule has 82 valence electrons. The predicted molar refractivity (Wildman–Crippen MR) is 52.9 cm³/mol. The van der Waals surface area contributed by atoms with Gasteiger partial charge in [-0.05, 0) is 26.2 Å². The highest BCUT2D eigenvalue weighted by Crippen LogP contribution is 2.16. The molecule has 1 aliphatic heterocycles. The molecule has 1 heterocycles. The Morgan fingerprint density at radius 2 is 2.50 bits per heavy atom. The van der Waals surface area contributed by atoms with Crippen molar-refractivity contribution < 1.29 is 14.6 Å². The van der Waals surface area contributed by atoms with Crippen molar-refractivity contribution in [2.45, 2.75) is 44.8 Å². The number of aliphatic hydroxyl groups excluding tert-OH is 1. The van der Waals surface area contributed by atoms with Gasteiger partial charge in [-0.1, -0.05) is 0 Å². The maximum atomic E-state index is 11.2. The molecule has 2 N–H and O–H groups in total. The molecule has 0 aromatic carbocycles. The molecule has 0 saturated carbocycles. The third-order valence-electron chi connectivity index (χ3n) is 2.31. The van der Waals surface area contributed by atoms with Crippen molar-refractivity contribution in [3.63, 3.8) is 0 Å². The topological polar surface area (TPSA) is 58.6 Å². The summed E-state index contributed by atoms with van der Waals surface area (Å²) in [5.41, 5.74) is 0. The van der Waals surface area contributed by atoms with Gasteiger partial charge in [0.2, 0.25) is 5.91 Å². The van der Waals surface area contributed by atoms with E-state index < -0.39 is 6.10 Å². The molecule has 1 saturated heterocycles. The second kappa shape index (κ2) is 5.98. The van der Waals surface area contributed by atoms with Gasteiger partial charge >= 0.3 is 0 Å². The number of hydrogen-bond donors (Lipinski definition) is 2. The number of carbonyl (C=O) groups excluding carboxylic acids is 1. The number of carbonyl (C=O) groups is 1. The van der Waals surface area contributed by atoms with E-state index in [1.807, 2.05) is 0 Å². The van der Waals surface area contributed by atoms with Crippen molar-refractivity contribution in [1.29, 1.82) is 0 Å². The number of aliphatic hydroxyl groups is 1. The Morgan fingerprint density at radius 3 is 3.07 bits per heavy atom. The van der Waals surface area contributed by atoms with Crippen molar-refractivity contribution in [3.8, 4) is 0 Å². The molecule has 4 nitrogen and oxygen atoms in total. The Hall–Kier alpha value is -0.610. The van der Waals surface area contributed by atoms with Crippen LogP contribution in [0.3, 0.4) is 0 Å². The van der Waals surface area contributed by atoms with Gasteiger partial charge in [-0.15, -0.1) is 0 Å². The Balaban J connectivity index is 2.02. The van der Waals surface area contributed by atoms with Crippen molar-refractivity contribution in [3.05, 3.63) is 0 Å². The molecule has 0 bridgehead atoms. The molecule has 2 atom stereocenters. The Kier molecular flexibility index (Phi) is 4.90. The third-order valence-corrected chi connectivity index (χ3v) is 2.31. The molecule has 1 amide bonds. The van der Waals surface area contributed by atoms with E-state index in [1.165, 1.54) is 0 Å². The summed E-state index contributed by atoms with van der Waals surface area (Å²) in [4.78, 5) is 11.2. The predicted octanol–water partition coefficient (Wildman–Crippen LogP) is 0.443. The van der Waals surface area contributed by atoms with Gasteiger partial charge in [-0.25, -0.2) is 0 Å². The van der Waals surface area contributed by atoms with Crippen molar-refractivity contribution in [2.24, 2.45) is 0 Å². The fourth-order valence-electron chi connectivity index (χ4n) is 1.51. The van der Waals surface area contributed by atoms with Gasteiger partial charge in [0.25, 0.3) is 0 Å². The molecule has 0 spiro atoms. The lowest BCUT2D eigenvalue weighted by Gasteiger charge is -2.10. The smallest absolute Gasteiger partial charge is 0.220 e. The first-order valence-corrected chi connectivity index (χ1v) is 5.25. The molecule has 1 rings (SSSR count). The van der Waals surface area contributed by atoms with E-state index in [0.29, 0.717) is 13.0 Å². The van der Waals surface area contributed by atoms with Crippen LogP contribution in [0.15, 0.2) is 0 Å². The van der Waals surface area contributed by atoms with Crippen molar-refractivity contribution in [2.75, 3.05) is 13.2 Å². The quantitative estimate of drug-likeness (QED) is 0.678. The first-order valence-electron chi connectivity index (χ1n) is 5.25. The number of nitrogens with one attached hydrogen (secondary N) is 1. The molecule has 4 heteroatoms. The minimum absolute atomic E-state index is 0.00130. The number of hydrogen-bond acceptors (Lipinski definition) is 3. The zero-order valence-corrected chi connectivity index (χ0v) is 8.66. The van der Waals surface area contributed by atoms with Gasteiger partial charge in [0.15, 0.2) is 0 Å². The van der Waals surface area contributed by atoms with Crippen LogP contribution < -0.4 is 5.32 Å². The maximum absolute atomic E-state index is 11.2. The molecule has 1 unspecified atom stereocenters.